The number of aliphatic hydroxyl groups excluding tert-OH is 1. The van der Waals surface area contributed by atoms with Crippen LogP contribution < -0.4 is 19.5 Å². The second-order valence-electron chi connectivity index (χ2n) is 9.18. The minimum atomic E-state index is -0.568. The first kappa shape index (κ1) is 22.9. The number of likely N-dealkylation sites (tertiary alicyclic amines) is 1. The number of β-amino-alcohol motifs (C(OH)–C–C–N with tert-alkyl or cyclic N) is 1. The Morgan fingerprint density at radius 2 is 2.06 bits per heavy atom. The molecule has 1 unspecified atom stereocenters. The van der Waals surface area contributed by atoms with Crippen LogP contribution in [-0.2, 0) is 6.54 Å². The molecule has 0 aliphatic carbocycles. The standard InChI is InChI=1S/C27H33N3O4/c1-32-21-13-23-22(5-2-6-24(23)29-16-21)25(31)18-30-9-3-4-20(17-30)15-28-14-19-7-8-26-27(12-19)34-11-10-33-26/h2,5-8,12-13,16,20,25,28,31H,3-4,9-11,14-15,17-18H2,1H3/t20-,25?/m0/s1. The molecular weight excluding hydrogens is 430 g/mol. The highest BCUT2D eigenvalue weighted by Gasteiger charge is 2.23. The summed E-state index contributed by atoms with van der Waals surface area (Å²) in [7, 11) is 1.64. The zero-order valence-electron chi connectivity index (χ0n) is 19.7. The zero-order valence-corrected chi connectivity index (χ0v) is 19.7. The summed E-state index contributed by atoms with van der Waals surface area (Å²) >= 11 is 0. The highest BCUT2D eigenvalue weighted by Crippen LogP contribution is 2.31. The van der Waals surface area contributed by atoms with Gasteiger partial charge in [-0.1, -0.05) is 18.2 Å². The van der Waals surface area contributed by atoms with Gasteiger partial charge in [-0.05, 0) is 67.2 Å². The molecule has 3 aromatic rings. The largest absolute Gasteiger partial charge is 0.495 e. The lowest BCUT2D eigenvalue weighted by atomic mass is 9.96. The molecule has 2 aromatic carbocycles. The van der Waals surface area contributed by atoms with Crippen LogP contribution in [0.1, 0.15) is 30.1 Å². The van der Waals surface area contributed by atoms with Crippen molar-refractivity contribution in [3.8, 4) is 17.2 Å². The van der Waals surface area contributed by atoms with Gasteiger partial charge in [0.2, 0.25) is 0 Å². The fourth-order valence-corrected chi connectivity index (χ4v) is 5.00. The number of benzene rings is 2. The first-order valence-corrected chi connectivity index (χ1v) is 12.1. The number of piperidine rings is 1. The van der Waals surface area contributed by atoms with Crippen molar-refractivity contribution in [2.24, 2.45) is 5.92 Å². The van der Waals surface area contributed by atoms with Crippen LogP contribution in [-0.4, -0.2) is 61.5 Å². The molecule has 2 atom stereocenters. The van der Waals surface area contributed by atoms with E-state index in [2.05, 4.69) is 27.3 Å². The molecule has 34 heavy (non-hydrogen) atoms. The van der Waals surface area contributed by atoms with E-state index in [1.54, 1.807) is 13.3 Å². The van der Waals surface area contributed by atoms with Crippen molar-refractivity contribution in [1.82, 2.24) is 15.2 Å². The van der Waals surface area contributed by atoms with Gasteiger partial charge in [-0.3, -0.25) is 4.98 Å². The number of hydrogen-bond acceptors (Lipinski definition) is 7. The van der Waals surface area contributed by atoms with Crippen molar-refractivity contribution in [3.63, 3.8) is 0 Å². The molecule has 1 aromatic heterocycles. The van der Waals surface area contributed by atoms with Gasteiger partial charge in [-0.15, -0.1) is 0 Å². The Morgan fingerprint density at radius 1 is 1.18 bits per heavy atom. The Morgan fingerprint density at radius 3 is 2.94 bits per heavy atom. The summed E-state index contributed by atoms with van der Waals surface area (Å²) in [5.74, 6) is 2.93. The molecule has 1 saturated heterocycles. The van der Waals surface area contributed by atoms with Crippen LogP contribution in [0.4, 0.5) is 0 Å². The molecule has 2 aliphatic heterocycles. The number of hydrogen-bond donors (Lipinski definition) is 2. The smallest absolute Gasteiger partial charge is 0.161 e. The molecule has 0 bridgehead atoms. The molecule has 0 spiro atoms. The van der Waals surface area contributed by atoms with Gasteiger partial charge in [0.25, 0.3) is 0 Å². The van der Waals surface area contributed by atoms with E-state index >= 15 is 0 Å². The molecule has 7 heteroatoms. The van der Waals surface area contributed by atoms with E-state index < -0.39 is 6.10 Å². The van der Waals surface area contributed by atoms with Gasteiger partial charge in [0.15, 0.2) is 11.5 Å². The Kier molecular flexibility index (Phi) is 7.13. The minimum absolute atomic E-state index is 0.562. The predicted molar refractivity (Wildman–Crippen MR) is 132 cm³/mol. The molecule has 5 rings (SSSR count). The molecule has 1 fully saturated rings. The molecular formula is C27H33N3O4. The summed E-state index contributed by atoms with van der Waals surface area (Å²) in [4.78, 5) is 6.85. The van der Waals surface area contributed by atoms with Crippen molar-refractivity contribution in [1.29, 1.82) is 0 Å². The average molecular weight is 464 g/mol. The van der Waals surface area contributed by atoms with E-state index in [0.717, 1.165) is 60.6 Å². The monoisotopic (exact) mass is 463 g/mol. The van der Waals surface area contributed by atoms with Gasteiger partial charge in [-0.25, -0.2) is 0 Å². The van der Waals surface area contributed by atoms with Crippen LogP contribution >= 0.6 is 0 Å². The third-order valence-electron chi connectivity index (χ3n) is 6.73. The number of pyridine rings is 1. The number of rotatable bonds is 8. The summed E-state index contributed by atoms with van der Waals surface area (Å²) in [5.41, 5.74) is 2.98. The first-order valence-electron chi connectivity index (χ1n) is 12.1. The van der Waals surface area contributed by atoms with E-state index in [4.69, 9.17) is 14.2 Å². The van der Waals surface area contributed by atoms with Gasteiger partial charge >= 0.3 is 0 Å². The van der Waals surface area contributed by atoms with E-state index in [0.29, 0.717) is 31.4 Å². The molecule has 7 nitrogen and oxygen atoms in total. The molecule has 0 saturated carbocycles. The predicted octanol–water partition coefficient (Wildman–Crippen LogP) is 3.55. The Balaban J connectivity index is 1.15. The van der Waals surface area contributed by atoms with Crippen molar-refractivity contribution in [2.75, 3.05) is 46.5 Å². The van der Waals surface area contributed by atoms with Gasteiger partial charge in [0, 0.05) is 25.0 Å². The van der Waals surface area contributed by atoms with Crippen molar-refractivity contribution >= 4 is 10.9 Å². The quantitative estimate of drug-likeness (QED) is 0.529. The highest BCUT2D eigenvalue weighted by molar-refractivity contribution is 5.83. The molecule has 180 valence electrons. The number of fused-ring (bicyclic) bond motifs is 2. The zero-order chi connectivity index (χ0) is 23.3. The molecule has 2 aliphatic rings. The third-order valence-corrected chi connectivity index (χ3v) is 6.73. The van der Waals surface area contributed by atoms with Crippen molar-refractivity contribution in [2.45, 2.75) is 25.5 Å². The van der Waals surface area contributed by atoms with Crippen LogP contribution in [0.15, 0.2) is 48.7 Å². The molecule has 0 radical (unpaired) electrons. The van der Waals surface area contributed by atoms with E-state index in [1.165, 1.54) is 12.0 Å². The molecule has 2 N–H and O–H groups in total. The summed E-state index contributed by atoms with van der Waals surface area (Å²) in [6, 6.07) is 14.0. The topological polar surface area (TPSA) is 76.1 Å². The van der Waals surface area contributed by atoms with Crippen LogP contribution in [0.3, 0.4) is 0 Å². The third kappa shape index (κ3) is 5.27. The van der Waals surface area contributed by atoms with Gasteiger partial charge in [0.05, 0.1) is 24.9 Å². The highest BCUT2D eigenvalue weighted by atomic mass is 16.6. The van der Waals surface area contributed by atoms with Gasteiger partial charge < -0.3 is 29.5 Å². The normalized spacial score (nSPS) is 19.2. The summed E-state index contributed by atoms with van der Waals surface area (Å²) in [6.45, 7) is 5.60. The van der Waals surface area contributed by atoms with Gasteiger partial charge in [0.1, 0.15) is 19.0 Å². The van der Waals surface area contributed by atoms with Crippen molar-refractivity contribution in [3.05, 3.63) is 59.8 Å². The average Bonchev–Trinajstić information content (AvgIpc) is 2.88. The Hall–Kier alpha value is -2.87. The van der Waals surface area contributed by atoms with Crippen LogP contribution in [0.5, 0.6) is 17.2 Å². The maximum absolute atomic E-state index is 11.1. The second kappa shape index (κ2) is 10.6. The van der Waals surface area contributed by atoms with Crippen molar-refractivity contribution < 1.29 is 19.3 Å². The molecule has 3 heterocycles. The second-order valence-corrected chi connectivity index (χ2v) is 9.18. The number of methoxy groups -OCH3 is 1. The summed E-state index contributed by atoms with van der Waals surface area (Å²) in [6.07, 6.45) is 3.50. The number of aromatic nitrogens is 1. The van der Waals surface area contributed by atoms with E-state index in [1.807, 2.05) is 30.3 Å². The Labute approximate surface area is 200 Å². The first-order chi connectivity index (χ1) is 16.7. The van der Waals surface area contributed by atoms with E-state index in [-0.39, 0.29) is 0 Å². The minimum Gasteiger partial charge on any atom is -0.495 e. The van der Waals surface area contributed by atoms with Crippen LogP contribution in [0, 0.1) is 5.92 Å². The lowest BCUT2D eigenvalue weighted by molar-refractivity contribution is 0.0849. The fourth-order valence-electron chi connectivity index (χ4n) is 5.00. The lowest BCUT2D eigenvalue weighted by Crippen LogP contribution is -2.41. The fraction of sp³-hybridized carbons (Fsp3) is 0.444. The number of nitrogens with one attached hydrogen (secondary N) is 1. The lowest BCUT2D eigenvalue weighted by Gasteiger charge is -2.34. The van der Waals surface area contributed by atoms with Gasteiger partial charge in [-0.2, -0.15) is 0 Å². The van der Waals surface area contributed by atoms with Crippen LogP contribution in [0.2, 0.25) is 0 Å². The van der Waals surface area contributed by atoms with E-state index in [9.17, 15) is 5.11 Å². The SMILES string of the molecule is COc1cnc2cccc(C(O)CN3CCC[C@@H](CNCc4ccc5c(c4)OCCO5)C3)c2c1. The maximum atomic E-state index is 11.1. The van der Waals surface area contributed by atoms with Crippen LogP contribution in [0.25, 0.3) is 10.9 Å². The summed E-state index contributed by atoms with van der Waals surface area (Å²) < 4.78 is 16.6. The number of nitrogens with zero attached hydrogens (tertiary/aromatic N) is 2. The Bertz CT molecular complexity index is 1120. The number of aliphatic hydroxyl groups is 1. The number of ether oxygens (including phenoxy) is 3. The summed E-state index contributed by atoms with van der Waals surface area (Å²) in [5, 5.41) is 15.7. The maximum Gasteiger partial charge on any atom is 0.161 e. The molecule has 0 amide bonds.